The monoisotopic (exact) mass is 277 g/mol. The van der Waals surface area contributed by atoms with Gasteiger partial charge in [0.1, 0.15) is 5.03 Å². The summed E-state index contributed by atoms with van der Waals surface area (Å²) in [6, 6.07) is 9.44. The zero-order valence-electron chi connectivity index (χ0n) is 9.85. The van der Waals surface area contributed by atoms with Gasteiger partial charge < -0.3 is 5.73 Å². The van der Waals surface area contributed by atoms with Gasteiger partial charge in [-0.1, -0.05) is 18.2 Å². The SMILES string of the molecule is Nc1cccnc1S(=O)Cc1ccccc1[N+](=O)[O-]. The molecule has 0 fully saturated rings. The molecule has 0 saturated heterocycles. The van der Waals surface area contributed by atoms with E-state index >= 15 is 0 Å². The Morgan fingerprint density at radius 2 is 2.00 bits per heavy atom. The summed E-state index contributed by atoms with van der Waals surface area (Å²) in [5.41, 5.74) is 6.35. The van der Waals surface area contributed by atoms with Gasteiger partial charge in [0.05, 0.1) is 27.2 Å². The molecule has 1 aromatic heterocycles. The van der Waals surface area contributed by atoms with Crippen LogP contribution in [0.15, 0.2) is 47.6 Å². The number of aromatic nitrogens is 1. The lowest BCUT2D eigenvalue weighted by Crippen LogP contribution is -2.05. The minimum absolute atomic E-state index is 0.0123. The lowest BCUT2D eigenvalue weighted by atomic mass is 10.2. The van der Waals surface area contributed by atoms with E-state index in [1.54, 1.807) is 30.3 Å². The molecule has 0 radical (unpaired) electrons. The Balaban J connectivity index is 2.30. The topological polar surface area (TPSA) is 99.1 Å². The van der Waals surface area contributed by atoms with E-state index in [-0.39, 0.29) is 16.5 Å². The van der Waals surface area contributed by atoms with Gasteiger partial charge in [-0.25, -0.2) is 4.98 Å². The normalized spacial score (nSPS) is 12.0. The van der Waals surface area contributed by atoms with Crippen molar-refractivity contribution < 1.29 is 9.13 Å². The van der Waals surface area contributed by atoms with Crippen molar-refractivity contribution >= 4 is 22.2 Å². The number of nitro groups is 1. The maximum atomic E-state index is 12.2. The molecule has 2 N–H and O–H groups in total. The molecule has 1 aromatic carbocycles. The third-order valence-electron chi connectivity index (χ3n) is 2.49. The Morgan fingerprint density at radius 3 is 2.68 bits per heavy atom. The molecular weight excluding hydrogens is 266 g/mol. The molecule has 1 heterocycles. The molecule has 0 amide bonds. The molecular formula is C12H11N3O3S. The van der Waals surface area contributed by atoms with E-state index in [0.717, 1.165) is 0 Å². The quantitative estimate of drug-likeness (QED) is 0.679. The summed E-state index contributed by atoms with van der Waals surface area (Å²) in [5, 5.41) is 11.1. The number of para-hydroxylation sites is 1. The number of hydrogen-bond donors (Lipinski definition) is 1. The maximum Gasteiger partial charge on any atom is 0.273 e. The van der Waals surface area contributed by atoms with Gasteiger partial charge in [0.25, 0.3) is 5.69 Å². The van der Waals surface area contributed by atoms with Crippen LogP contribution in [0, 0.1) is 10.1 Å². The molecule has 1 atom stereocenters. The van der Waals surface area contributed by atoms with Gasteiger partial charge in [-0.05, 0) is 12.1 Å². The summed E-state index contributed by atoms with van der Waals surface area (Å²) in [4.78, 5) is 14.3. The lowest BCUT2D eigenvalue weighted by molar-refractivity contribution is -0.385. The second-order valence-electron chi connectivity index (χ2n) is 3.77. The molecule has 0 aliphatic rings. The fraction of sp³-hybridized carbons (Fsp3) is 0.0833. The molecule has 0 spiro atoms. The molecule has 0 aliphatic carbocycles. The summed E-state index contributed by atoms with van der Waals surface area (Å²) in [6.45, 7) is 0. The van der Waals surface area contributed by atoms with Gasteiger partial charge in [-0.2, -0.15) is 0 Å². The molecule has 1 unspecified atom stereocenters. The van der Waals surface area contributed by atoms with Crippen LogP contribution in [0.3, 0.4) is 0 Å². The minimum atomic E-state index is -1.51. The van der Waals surface area contributed by atoms with Crippen molar-refractivity contribution in [2.24, 2.45) is 0 Å². The molecule has 98 valence electrons. The molecule has 6 nitrogen and oxygen atoms in total. The number of hydrogen-bond acceptors (Lipinski definition) is 5. The van der Waals surface area contributed by atoms with Crippen LogP contribution in [0.4, 0.5) is 11.4 Å². The highest BCUT2D eigenvalue weighted by molar-refractivity contribution is 7.84. The van der Waals surface area contributed by atoms with Gasteiger partial charge in [-0.15, -0.1) is 0 Å². The number of nitrogen functional groups attached to an aromatic ring is 1. The summed E-state index contributed by atoms with van der Waals surface area (Å²) in [7, 11) is -1.51. The van der Waals surface area contributed by atoms with Gasteiger partial charge in [-0.3, -0.25) is 14.3 Å². The van der Waals surface area contributed by atoms with Crippen LogP contribution < -0.4 is 5.73 Å². The van der Waals surface area contributed by atoms with Gasteiger partial charge in [0.2, 0.25) is 0 Å². The lowest BCUT2D eigenvalue weighted by Gasteiger charge is -2.05. The summed E-state index contributed by atoms with van der Waals surface area (Å²) in [5.74, 6) is 0.0123. The predicted molar refractivity (Wildman–Crippen MR) is 71.9 cm³/mol. The fourth-order valence-corrected chi connectivity index (χ4v) is 2.79. The van der Waals surface area contributed by atoms with Crippen LogP contribution in [-0.4, -0.2) is 14.1 Å². The van der Waals surface area contributed by atoms with Crippen LogP contribution in [0.2, 0.25) is 0 Å². The summed E-state index contributed by atoms with van der Waals surface area (Å²) >= 11 is 0. The number of nitrogens with zero attached hydrogens (tertiary/aromatic N) is 2. The van der Waals surface area contributed by atoms with E-state index in [4.69, 9.17) is 5.73 Å². The van der Waals surface area contributed by atoms with Crippen molar-refractivity contribution in [3.8, 4) is 0 Å². The highest BCUT2D eigenvalue weighted by Crippen LogP contribution is 2.22. The van der Waals surface area contributed by atoms with Crippen molar-refractivity contribution in [2.45, 2.75) is 10.8 Å². The summed E-state index contributed by atoms with van der Waals surface area (Å²) < 4.78 is 12.2. The van der Waals surface area contributed by atoms with Gasteiger partial charge >= 0.3 is 0 Å². The van der Waals surface area contributed by atoms with Crippen LogP contribution in [-0.2, 0) is 16.6 Å². The molecule has 2 rings (SSSR count). The van der Waals surface area contributed by atoms with Crippen LogP contribution in [0.25, 0.3) is 0 Å². The van der Waals surface area contributed by atoms with Crippen molar-refractivity contribution in [3.05, 3.63) is 58.3 Å². The number of nitrogens with two attached hydrogens (primary N) is 1. The Labute approximate surface area is 111 Å². The first-order valence-corrected chi connectivity index (χ1v) is 6.72. The predicted octanol–water partition coefficient (Wildman–Crippen LogP) is 1.88. The zero-order chi connectivity index (χ0) is 13.8. The van der Waals surface area contributed by atoms with Crippen molar-refractivity contribution in [1.82, 2.24) is 4.98 Å². The third-order valence-corrected chi connectivity index (χ3v) is 3.84. The van der Waals surface area contributed by atoms with E-state index < -0.39 is 15.7 Å². The zero-order valence-corrected chi connectivity index (χ0v) is 10.7. The average molecular weight is 277 g/mol. The van der Waals surface area contributed by atoms with E-state index in [2.05, 4.69) is 4.98 Å². The van der Waals surface area contributed by atoms with Crippen molar-refractivity contribution in [1.29, 1.82) is 0 Å². The second-order valence-corrected chi connectivity index (χ2v) is 5.14. The molecule has 0 bridgehead atoms. The molecule has 0 saturated carbocycles. The Hall–Kier alpha value is -2.28. The smallest absolute Gasteiger partial charge is 0.273 e. The fourth-order valence-electron chi connectivity index (χ4n) is 1.61. The first-order chi connectivity index (χ1) is 9.09. The number of anilines is 1. The van der Waals surface area contributed by atoms with Gasteiger partial charge in [0, 0.05) is 17.8 Å². The van der Waals surface area contributed by atoms with E-state index in [1.807, 2.05) is 0 Å². The number of pyridine rings is 1. The summed E-state index contributed by atoms with van der Waals surface area (Å²) in [6.07, 6.45) is 1.49. The molecule has 19 heavy (non-hydrogen) atoms. The maximum absolute atomic E-state index is 12.2. The highest BCUT2D eigenvalue weighted by Gasteiger charge is 2.17. The molecule has 7 heteroatoms. The van der Waals surface area contributed by atoms with Crippen molar-refractivity contribution in [2.75, 3.05) is 5.73 Å². The first kappa shape index (κ1) is 13.2. The first-order valence-electron chi connectivity index (χ1n) is 5.40. The Kier molecular flexibility index (Phi) is 3.86. The average Bonchev–Trinajstić information content (AvgIpc) is 2.39. The molecule has 0 aliphatic heterocycles. The second kappa shape index (κ2) is 5.57. The van der Waals surface area contributed by atoms with E-state index in [0.29, 0.717) is 11.3 Å². The largest absolute Gasteiger partial charge is 0.396 e. The number of rotatable bonds is 4. The third kappa shape index (κ3) is 2.94. The highest BCUT2D eigenvalue weighted by atomic mass is 32.2. The van der Waals surface area contributed by atoms with Crippen molar-refractivity contribution in [3.63, 3.8) is 0 Å². The standard InChI is InChI=1S/C12H11N3O3S/c13-10-5-3-7-14-12(10)19(18)8-9-4-1-2-6-11(9)15(16)17/h1-7H,8,13H2. The number of benzene rings is 1. The number of nitro benzene ring substituents is 1. The van der Waals surface area contributed by atoms with Gasteiger partial charge in [0.15, 0.2) is 0 Å². The minimum Gasteiger partial charge on any atom is -0.396 e. The Bertz CT molecular complexity index is 646. The van der Waals surface area contributed by atoms with E-state index in [1.165, 1.54) is 12.3 Å². The molecule has 2 aromatic rings. The Morgan fingerprint density at radius 1 is 1.26 bits per heavy atom. The van der Waals surface area contributed by atoms with Crippen LogP contribution >= 0.6 is 0 Å². The van der Waals surface area contributed by atoms with Crippen LogP contribution in [0.1, 0.15) is 5.56 Å². The van der Waals surface area contributed by atoms with E-state index in [9.17, 15) is 14.3 Å². The van der Waals surface area contributed by atoms with Crippen LogP contribution in [0.5, 0.6) is 0 Å².